The summed E-state index contributed by atoms with van der Waals surface area (Å²) in [5.41, 5.74) is -0.257. The van der Waals surface area contributed by atoms with E-state index >= 15 is 0 Å². The molecule has 0 aliphatic heterocycles. The van der Waals surface area contributed by atoms with Gasteiger partial charge in [0, 0.05) is 13.2 Å². The first-order valence-corrected chi connectivity index (χ1v) is 6.42. The minimum Gasteiger partial charge on any atom is -0.468 e. The van der Waals surface area contributed by atoms with E-state index < -0.39 is 0 Å². The molecule has 0 bridgehead atoms. The van der Waals surface area contributed by atoms with Crippen molar-refractivity contribution in [2.24, 2.45) is 0 Å². The highest BCUT2D eigenvalue weighted by atomic mass is 16.5. The monoisotopic (exact) mass is 245 g/mol. The van der Waals surface area contributed by atoms with Crippen LogP contribution in [0.15, 0.2) is 0 Å². The van der Waals surface area contributed by atoms with Gasteiger partial charge in [-0.25, -0.2) is 0 Å². The predicted octanol–water partition coefficient (Wildman–Crippen LogP) is 2.12. The molecule has 0 aromatic heterocycles. The molecule has 102 valence electrons. The first kappa shape index (κ1) is 16.4. The average molecular weight is 245 g/mol. The van der Waals surface area contributed by atoms with Crippen LogP contribution in [-0.2, 0) is 14.3 Å². The van der Waals surface area contributed by atoms with Crippen molar-refractivity contribution < 1.29 is 14.3 Å². The van der Waals surface area contributed by atoms with E-state index in [-0.39, 0.29) is 17.6 Å². The lowest BCUT2D eigenvalue weighted by atomic mass is 10.1. The number of carbonyl (C=O) groups is 1. The Labute approximate surface area is 105 Å². The van der Waals surface area contributed by atoms with Gasteiger partial charge in [0.05, 0.1) is 12.7 Å². The molecule has 0 amide bonds. The number of carbonyl (C=O) groups excluding carboxylic acids is 1. The third kappa shape index (κ3) is 7.34. The fourth-order valence-corrected chi connectivity index (χ4v) is 1.66. The van der Waals surface area contributed by atoms with Crippen LogP contribution in [0.2, 0.25) is 0 Å². The zero-order chi connectivity index (χ0) is 13.3. The highest BCUT2D eigenvalue weighted by Crippen LogP contribution is 2.09. The molecular formula is C13H27NO3. The predicted molar refractivity (Wildman–Crippen MR) is 69.0 cm³/mol. The van der Waals surface area contributed by atoms with Gasteiger partial charge in [0.25, 0.3) is 0 Å². The SMILES string of the molecule is CCCCC(NCC(C)(C)OCC)C(=O)OC. The summed E-state index contributed by atoms with van der Waals surface area (Å²) >= 11 is 0. The maximum atomic E-state index is 11.6. The van der Waals surface area contributed by atoms with Crippen LogP contribution < -0.4 is 5.32 Å². The Morgan fingerprint density at radius 3 is 2.47 bits per heavy atom. The molecule has 1 unspecified atom stereocenters. The molecule has 0 spiro atoms. The third-order valence-corrected chi connectivity index (χ3v) is 2.64. The summed E-state index contributed by atoms with van der Waals surface area (Å²) in [6.45, 7) is 9.42. The van der Waals surface area contributed by atoms with Gasteiger partial charge in [-0.3, -0.25) is 4.79 Å². The van der Waals surface area contributed by atoms with Crippen molar-refractivity contribution in [3.05, 3.63) is 0 Å². The van der Waals surface area contributed by atoms with Gasteiger partial charge >= 0.3 is 5.97 Å². The Bertz CT molecular complexity index is 217. The van der Waals surface area contributed by atoms with Gasteiger partial charge in [-0.1, -0.05) is 19.8 Å². The molecule has 0 aromatic carbocycles. The summed E-state index contributed by atoms with van der Waals surface area (Å²) < 4.78 is 10.4. The van der Waals surface area contributed by atoms with E-state index in [9.17, 15) is 4.79 Å². The Morgan fingerprint density at radius 1 is 1.35 bits per heavy atom. The molecule has 4 heteroatoms. The highest BCUT2D eigenvalue weighted by Gasteiger charge is 2.23. The van der Waals surface area contributed by atoms with E-state index in [4.69, 9.17) is 9.47 Å². The Morgan fingerprint density at radius 2 is 2.00 bits per heavy atom. The van der Waals surface area contributed by atoms with Crippen LogP contribution in [0.1, 0.15) is 47.0 Å². The van der Waals surface area contributed by atoms with E-state index in [0.29, 0.717) is 13.2 Å². The van der Waals surface area contributed by atoms with Crippen LogP contribution in [0.5, 0.6) is 0 Å². The summed E-state index contributed by atoms with van der Waals surface area (Å²) in [6, 6.07) is -0.223. The fraction of sp³-hybridized carbons (Fsp3) is 0.923. The van der Waals surface area contributed by atoms with Crippen molar-refractivity contribution in [2.75, 3.05) is 20.3 Å². The zero-order valence-electron chi connectivity index (χ0n) is 11.8. The largest absolute Gasteiger partial charge is 0.468 e. The molecule has 4 nitrogen and oxygen atoms in total. The number of methoxy groups -OCH3 is 1. The van der Waals surface area contributed by atoms with Crippen molar-refractivity contribution in [3.8, 4) is 0 Å². The number of hydrogen-bond acceptors (Lipinski definition) is 4. The zero-order valence-corrected chi connectivity index (χ0v) is 11.8. The molecule has 0 radical (unpaired) electrons. The van der Waals surface area contributed by atoms with Gasteiger partial charge in [0.15, 0.2) is 0 Å². The van der Waals surface area contributed by atoms with Gasteiger partial charge in [0.1, 0.15) is 6.04 Å². The number of ether oxygens (including phenoxy) is 2. The van der Waals surface area contributed by atoms with E-state index in [1.54, 1.807) is 0 Å². The van der Waals surface area contributed by atoms with E-state index in [2.05, 4.69) is 12.2 Å². The summed E-state index contributed by atoms with van der Waals surface area (Å²) in [6.07, 6.45) is 2.90. The van der Waals surface area contributed by atoms with Crippen molar-refractivity contribution in [1.29, 1.82) is 0 Å². The first-order chi connectivity index (χ1) is 7.96. The number of nitrogens with one attached hydrogen (secondary N) is 1. The number of rotatable bonds is 9. The highest BCUT2D eigenvalue weighted by molar-refractivity contribution is 5.75. The van der Waals surface area contributed by atoms with Gasteiger partial charge in [-0.15, -0.1) is 0 Å². The second-order valence-electron chi connectivity index (χ2n) is 4.79. The molecule has 1 atom stereocenters. The Hall–Kier alpha value is -0.610. The summed E-state index contributed by atoms with van der Waals surface area (Å²) in [7, 11) is 1.43. The van der Waals surface area contributed by atoms with Crippen LogP contribution in [-0.4, -0.2) is 37.9 Å². The van der Waals surface area contributed by atoms with Crippen molar-refractivity contribution in [1.82, 2.24) is 5.32 Å². The summed E-state index contributed by atoms with van der Waals surface area (Å²) in [5, 5.41) is 3.23. The van der Waals surface area contributed by atoms with Crippen molar-refractivity contribution in [2.45, 2.75) is 58.6 Å². The van der Waals surface area contributed by atoms with Crippen LogP contribution in [0.4, 0.5) is 0 Å². The number of hydrogen-bond donors (Lipinski definition) is 1. The van der Waals surface area contributed by atoms with Crippen LogP contribution >= 0.6 is 0 Å². The second-order valence-corrected chi connectivity index (χ2v) is 4.79. The average Bonchev–Trinajstić information content (AvgIpc) is 2.28. The summed E-state index contributed by atoms with van der Waals surface area (Å²) in [4.78, 5) is 11.6. The van der Waals surface area contributed by atoms with Crippen LogP contribution in [0.25, 0.3) is 0 Å². The standard InChI is InChI=1S/C13H27NO3/c1-6-8-9-11(12(15)16-5)14-10-13(3,4)17-7-2/h11,14H,6-10H2,1-5H3. The van der Waals surface area contributed by atoms with Crippen LogP contribution in [0, 0.1) is 0 Å². The lowest BCUT2D eigenvalue weighted by Crippen LogP contribution is -2.46. The van der Waals surface area contributed by atoms with Gasteiger partial charge in [-0.05, 0) is 27.2 Å². The van der Waals surface area contributed by atoms with E-state index in [1.807, 2.05) is 20.8 Å². The normalized spacial score (nSPS) is 13.5. The quantitative estimate of drug-likeness (QED) is 0.632. The Kier molecular flexibility index (Phi) is 8.17. The van der Waals surface area contributed by atoms with Gasteiger partial charge in [-0.2, -0.15) is 0 Å². The van der Waals surface area contributed by atoms with Gasteiger partial charge in [0.2, 0.25) is 0 Å². The van der Waals surface area contributed by atoms with Crippen LogP contribution in [0.3, 0.4) is 0 Å². The topological polar surface area (TPSA) is 47.6 Å². The molecule has 0 rings (SSSR count). The molecule has 0 saturated heterocycles. The maximum absolute atomic E-state index is 11.6. The molecule has 1 N–H and O–H groups in total. The molecule has 0 aromatic rings. The molecule has 0 aliphatic rings. The second kappa shape index (κ2) is 8.48. The van der Waals surface area contributed by atoms with Crippen molar-refractivity contribution in [3.63, 3.8) is 0 Å². The summed E-state index contributed by atoms with van der Waals surface area (Å²) in [5.74, 6) is -0.189. The molecule has 0 heterocycles. The molecular weight excluding hydrogens is 218 g/mol. The van der Waals surface area contributed by atoms with Gasteiger partial charge < -0.3 is 14.8 Å². The molecule has 0 aliphatic carbocycles. The first-order valence-electron chi connectivity index (χ1n) is 6.42. The lowest BCUT2D eigenvalue weighted by Gasteiger charge is -2.27. The molecule has 17 heavy (non-hydrogen) atoms. The van der Waals surface area contributed by atoms with E-state index in [0.717, 1.165) is 19.3 Å². The fourth-order valence-electron chi connectivity index (χ4n) is 1.66. The van der Waals surface area contributed by atoms with Crippen molar-refractivity contribution >= 4 is 5.97 Å². The number of unbranched alkanes of at least 4 members (excludes halogenated alkanes) is 1. The van der Waals surface area contributed by atoms with E-state index in [1.165, 1.54) is 7.11 Å². The third-order valence-electron chi connectivity index (χ3n) is 2.64. The molecule has 0 saturated carbocycles. The smallest absolute Gasteiger partial charge is 0.322 e. The number of esters is 1. The minimum atomic E-state index is -0.257. The molecule has 0 fully saturated rings. The maximum Gasteiger partial charge on any atom is 0.322 e. The lowest BCUT2D eigenvalue weighted by molar-refractivity contribution is -0.143. The Balaban J connectivity index is 4.19. The minimum absolute atomic E-state index is 0.189.